The molecular weight excluding hydrogens is 346 g/mol. The molecule has 0 saturated carbocycles. The van der Waals surface area contributed by atoms with E-state index in [0.717, 1.165) is 5.56 Å². The maximum Gasteiger partial charge on any atom is 0.312 e. The highest BCUT2D eigenvalue weighted by Gasteiger charge is 2.14. The van der Waals surface area contributed by atoms with E-state index < -0.39 is 10.9 Å². The van der Waals surface area contributed by atoms with Crippen LogP contribution in [0, 0.1) is 17.0 Å². The zero-order valence-corrected chi connectivity index (χ0v) is 13.8. The van der Waals surface area contributed by atoms with E-state index in [1.165, 1.54) is 30.5 Å². The topological polar surface area (TPSA) is 102 Å². The second-order valence-electron chi connectivity index (χ2n) is 5.21. The summed E-state index contributed by atoms with van der Waals surface area (Å²) >= 11 is 6.04. The van der Waals surface area contributed by atoms with Crippen molar-refractivity contribution in [2.75, 3.05) is 0 Å². The number of oxazole rings is 1. The van der Waals surface area contributed by atoms with E-state index in [4.69, 9.17) is 16.0 Å². The summed E-state index contributed by atoms with van der Waals surface area (Å²) in [5, 5.41) is 21.1. The number of hydrogen-bond acceptors (Lipinski definition) is 6. The van der Waals surface area contributed by atoms with Crippen molar-refractivity contribution in [1.82, 2.24) is 4.98 Å². The summed E-state index contributed by atoms with van der Waals surface area (Å²) in [7, 11) is 0. The number of hydrogen-bond donors (Lipinski definition) is 1. The van der Waals surface area contributed by atoms with Crippen molar-refractivity contribution in [1.29, 1.82) is 0 Å². The number of rotatable bonds is 4. The molecule has 1 N–H and O–H groups in total. The fourth-order valence-electron chi connectivity index (χ4n) is 2.05. The van der Waals surface area contributed by atoms with Crippen LogP contribution in [0.5, 0.6) is 5.95 Å². The van der Waals surface area contributed by atoms with Gasteiger partial charge in [-0.15, -0.1) is 0 Å². The van der Waals surface area contributed by atoms with Crippen molar-refractivity contribution in [2.45, 2.75) is 6.92 Å². The first-order chi connectivity index (χ1) is 11.9. The Morgan fingerprint density at radius 3 is 2.64 bits per heavy atom. The number of nitro benzene ring substituents is 1. The number of halogens is 1. The second kappa shape index (κ2) is 6.74. The minimum atomic E-state index is -0.498. The molecule has 0 radical (unpaired) electrons. The number of nitrogens with zero attached hydrogens (tertiary/aromatic N) is 3. The van der Waals surface area contributed by atoms with Gasteiger partial charge in [0, 0.05) is 22.7 Å². The van der Waals surface area contributed by atoms with Gasteiger partial charge in [0.25, 0.3) is 5.69 Å². The molecule has 3 aromatic rings. The van der Waals surface area contributed by atoms with Gasteiger partial charge in [-0.05, 0) is 36.8 Å². The SMILES string of the molecule is Cc1ccc(N=Cc2nc(-c3ccc([N+](=O)[O-])cc3)oc2O)cc1Cl. The van der Waals surface area contributed by atoms with E-state index in [-0.39, 0.29) is 17.3 Å². The molecule has 0 saturated heterocycles. The van der Waals surface area contributed by atoms with Crippen molar-refractivity contribution >= 4 is 29.2 Å². The number of aryl methyl sites for hydroxylation is 1. The molecule has 0 atom stereocenters. The fraction of sp³-hybridized carbons (Fsp3) is 0.0588. The van der Waals surface area contributed by atoms with Gasteiger partial charge >= 0.3 is 5.95 Å². The van der Waals surface area contributed by atoms with Crippen molar-refractivity contribution in [2.24, 2.45) is 4.99 Å². The largest absolute Gasteiger partial charge is 0.479 e. The molecule has 0 fully saturated rings. The van der Waals surface area contributed by atoms with E-state index in [0.29, 0.717) is 16.3 Å². The third-order valence-electron chi connectivity index (χ3n) is 3.45. The van der Waals surface area contributed by atoms with E-state index in [9.17, 15) is 15.2 Å². The second-order valence-corrected chi connectivity index (χ2v) is 5.61. The molecule has 0 bridgehead atoms. The van der Waals surface area contributed by atoms with Crippen LogP contribution in [0.4, 0.5) is 11.4 Å². The lowest BCUT2D eigenvalue weighted by Crippen LogP contribution is -1.87. The first-order valence-electron chi connectivity index (χ1n) is 7.19. The predicted octanol–water partition coefficient (Wildman–Crippen LogP) is 4.67. The summed E-state index contributed by atoms with van der Waals surface area (Å²) in [4.78, 5) is 18.5. The Labute approximate surface area is 147 Å². The van der Waals surface area contributed by atoms with Crippen LogP contribution in [0.25, 0.3) is 11.5 Å². The molecule has 0 aliphatic heterocycles. The van der Waals surface area contributed by atoms with Gasteiger partial charge in [-0.3, -0.25) is 15.1 Å². The predicted molar refractivity (Wildman–Crippen MR) is 93.7 cm³/mol. The van der Waals surface area contributed by atoms with Crippen LogP contribution in [0.3, 0.4) is 0 Å². The monoisotopic (exact) mass is 357 g/mol. The zero-order chi connectivity index (χ0) is 18.0. The van der Waals surface area contributed by atoms with E-state index in [2.05, 4.69) is 9.98 Å². The minimum Gasteiger partial charge on any atom is -0.479 e. The quantitative estimate of drug-likeness (QED) is 0.415. The molecule has 2 aromatic carbocycles. The van der Waals surface area contributed by atoms with E-state index in [1.807, 2.05) is 13.0 Å². The molecule has 0 amide bonds. The lowest BCUT2D eigenvalue weighted by Gasteiger charge is -1.97. The Balaban J connectivity index is 1.85. The van der Waals surface area contributed by atoms with E-state index in [1.54, 1.807) is 12.1 Å². The standard InChI is InChI=1S/C17H12ClN3O4/c1-10-2-5-12(8-14(10)18)19-9-15-17(22)25-16(20-15)11-3-6-13(7-4-11)21(23)24/h2-9,22H,1H3. The molecule has 0 aliphatic rings. The van der Waals surface area contributed by atoms with Gasteiger partial charge in [0.15, 0.2) is 5.69 Å². The average Bonchev–Trinajstić information content (AvgIpc) is 2.97. The number of aliphatic imine (C=N–C) groups is 1. The maximum absolute atomic E-state index is 10.7. The van der Waals surface area contributed by atoms with Crippen molar-refractivity contribution in [3.05, 3.63) is 68.9 Å². The molecule has 0 aliphatic carbocycles. The van der Waals surface area contributed by atoms with Crippen LogP contribution < -0.4 is 0 Å². The highest BCUT2D eigenvalue weighted by atomic mass is 35.5. The molecule has 8 heteroatoms. The minimum absolute atomic E-state index is 0.0439. The summed E-state index contributed by atoms with van der Waals surface area (Å²) in [5.74, 6) is -0.258. The summed E-state index contributed by atoms with van der Waals surface area (Å²) < 4.78 is 5.19. The third kappa shape index (κ3) is 3.67. The lowest BCUT2D eigenvalue weighted by atomic mass is 10.2. The van der Waals surface area contributed by atoms with Gasteiger partial charge in [0.2, 0.25) is 5.89 Å². The van der Waals surface area contributed by atoms with Crippen molar-refractivity contribution < 1.29 is 14.4 Å². The highest BCUT2D eigenvalue weighted by molar-refractivity contribution is 6.31. The molecule has 7 nitrogen and oxygen atoms in total. The molecule has 126 valence electrons. The van der Waals surface area contributed by atoms with Crippen LogP contribution in [0.1, 0.15) is 11.3 Å². The normalized spacial score (nSPS) is 11.1. The van der Waals surface area contributed by atoms with Crippen LogP contribution >= 0.6 is 11.6 Å². The van der Waals surface area contributed by atoms with Crippen molar-refractivity contribution in [3.63, 3.8) is 0 Å². The number of nitro groups is 1. The van der Waals surface area contributed by atoms with Crippen molar-refractivity contribution in [3.8, 4) is 17.4 Å². The number of non-ortho nitro benzene ring substituents is 1. The lowest BCUT2D eigenvalue weighted by molar-refractivity contribution is -0.384. The molecule has 1 heterocycles. The van der Waals surface area contributed by atoms with Gasteiger partial charge in [-0.25, -0.2) is 4.98 Å². The molecule has 0 unspecified atom stereocenters. The summed E-state index contributed by atoms with van der Waals surface area (Å²) in [6.07, 6.45) is 1.36. The molecule has 0 spiro atoms. The van der Waals surface area contributed by atoms with Gasteiger partial charge < -0.3 is 9.52 Å². The Hall–Kier alpha value is -3.19. The number of aromatic nitrogens is 1. The molecule has 3 rings (SSSR count). The summed E-state index contributed by atoms with van der Waals surface area (Å²) in [6, 6.07) is 11.0. The zero-order valence-electron chi connectivity index (χ0n) is 13.0. The first-order valence-corrected chi connectivity index (χ1v) is 7.56. The van der Waals surface area contributed by atoms with Crippen LogP contribution in [0.15, 0.2) is 51.9 Å². The van der Waals surface area contributed by atoms with Gasteiger partial charge in [0.05, 0.1) is 16.8 Å². The highest BCUT2D eigenvalue weighted by Crippen LogP contribution is 2.28. The Kier molecular flexibility index (Phi) is 4.49. The molecule has 1 aromatic heterocycles. The average molecular weight is 358 g/mol. The summed E-state index contributed by atoms with van der Waals surface area (Å²) in [6.45, 7) is 1.88. The smallest absolute Gasteiger partial charge is 0.312 e. The Bertz CT molecular complexity index is 965. The number of benzene rings is 2. The Morgan fingerprint density at radius 1 is 1.28 bits per heavy atom. The number of aromatic hydroxyl groups is 1. The summed E-state index contributed by atoms with van der Waals surface area (Å²) in [5.41, 5.74) is 2.14. The first kappa shape index (κ1) is 16.7. The maximum atomic E-state index is 10.7. The third-order valence-corrected chi connectivity index (χ3v) is 3.86. The van der Waals surface area contributed by atoms with Gasteiger partial charge in [-0.1, -0.05) is 17.7 Å². The Morgan fingerprint density at radius 2 is 2.00 bits per heavy atom. The fourth-order valence-corrected chi connectivity index (χ4v) is 2.23. The van der Waals surface area contributed by atoms with Crippen LogP contribution in [-0.2, 0) is 0 Å². The van der Waals surface area contributed by atoms with E-state index >= 15 is 0 Å². The van der Waals surface area contributed by atoms with Crippen LogP contribution in [0.2, 0.25) is 5.02 Å². The molecule has 25 heavy (non-hydrogen) atoms. The van der Waals surface area contributed by atoms with Gasteiger partial charge in [-0.2, -0.15) is 0 Å². The van der Waals surface area contributed by atoms with Crippen LogP contribution in [-0.4, -0.2) is 21.2 Å². The van der Waals surface area contributed by atoms with Gasteiger partial charge in [0.1, 0.15) is 0 Å². The molecular formula is C17H12ClN3O4.